The Labute approximate surface area is 100 Å². The van der Waals surface area contributed by atoms with E-state index < -0.39 is 0 Å². The van der Waals surface area contributed by atoms with Crippen molar-refractivity contribution in [1.82, 2.24) is 19.6 Å². The minimum Gasteiger partial charge on any atom is -0.327 e. The molecular formula is C12H17N5. The van der Waals surface area contributed by atoms with E-state index >= 15 is 0 Å². The first-order valence-electron chi connectivity index (χ1n) is 6.27. The summed E-state index contributed by atoms with van der Waals surface area (Å²) in [7, 11) is 0. The molecule has 0 saturated heterocycles. The summed E-state index contributed by atoms with van der Waals surface area (Å²) in [5, 5.41) is 8.39. The largest absolute Gasteiger partial charge is 0.327 e. The van der Waals surface area contributed by atoms with Crippen molar-refractivity contribution in [3.63, 3.8) is 0 Å². The van der Waals surface area contributed by atoms with E-state index in [-0.39, 0.29) is 6.04 Å². The topological polar surface area (TPSA) is 69.1 Å². The van der Waals surface area contributed by atoms with Crippen molar-refractivity contribution in [2.75, 3.05) is 0 Å². The lowest BCUT2D eigenvalue weighted by Gasteiger charge is -2.19. The number of nitrogens with two attached hydrogens (primary N) is 1. The van der Waals surface area contributed by atoms with E-state index in [0.29, 0.717) is 11.7 Å². The van der Waals surface area contributed by atoms with Crippen LogP contribution in [-0.2, 0) is 0 Å². The molecule has 90 valence electrons. The maximum absolute atomic E-state index is 6.26. The third kappa shape index (κ3) is 1.91. The van der Waals surface area contributed by atoms with Gasteiger partial charge in [-0.3, -0.25) is 4.40 Å². The minimum absolute atomic E-state index is 0.199. The first-order chi connectivity index (χ1) is 8.36. The van der Waals surface area contributed by atoms with E-state index in [2.05, 4.69) is 15.2 Å². The van der Waals surface area contributed by atoms with Crippen molar-refractivity contribution in [2.45, 2.75) is 44.1 Å². The Bertz CT molecular complexity index is 506. The van der Waals surface area contributed by atoms with Gasteiger partial charge in [0.2, 0.25) is 0 Å². The number of aromatic nitrogens is 4. The van der Waals surface area contributed by atoms with Crippen molar-refractivity contribution in [3.05, 3.63) is 24.3 Å². The van der Waals surface area contributed by atoms with Crippen LogP contribution in [0, 0.1) is 0 Å². The maximum Gasteiger partial charge on any atom is 0.254 e. The number of fused-ring (bicyclic) bond motifs is 1. The predicted molar refractivity (Wildman–Crippen MR) is 64.6 cm³/mol. The fraction of sp³-hybridized carbons (Fsp3) is 0.583. The third-order valence-electron chi connectivity index (χ3n) is 3.62. The first-order valence-corrected chi connectivity index (χ1v) is 6.27. The second kappa shape index (κ2) is 4.41. The first kappa shape index (κ1) is 10.7. The number of rotatable bonds is 1. The van der Waals surface area contributed by atoms with Gasteiger partial charge in [-0.2, -0.15) is 0 Å². The van der Waals surface area contributed by atoms with E-state index in [0.717, 1.165) is 18.7 Å². The van der Waals surface area contributed by atoms with Gasteiger partial charge < -0.3 is 5.73 Å². The fourth-order valence-electron chi connectivity index (χ4n) is 2.67. The lowest BCUT2D eigenvalue weighted by atomic mass is 9.95. The summed E-state index contributed by atoms with van der Waals surface area (Å²) < 4.78 is 1.97. The number of hydrogen-bond acceptors (Lipinski definition) is 4. The quantitative estimate of drug-likeness (QED) is 0.755. The van der Waals surface area contributed by atoms with Gasteiger partial charge >= 0.3 is 0 Å². The highest BCUT2D eigenvalue weighted by atomic mass is 15.3. The van der Waals surface area contributed by atoms with E-state index in [4.69, 9.17) is 5.73 Å². The van der Waals surface area contributed by atoms with Crippen molar-refractivity contribution < 1.29 is 0 Å². The monoisotopic (exact) mass is 231 g/mol. The highest BCUT2D eigenvalue weighted by Crippen LogP contribution is 2.29. The van der Waals surface area contributed by atoms with Gasteiger partial charge in [0.15, 0.2) is 0 Å². The second-order valence-corrected chi connectivity index (χ2v) is 4.76. The summed E-state index contributed by atoms with van der Waals surface area (Å²) in [6, 6.07) is 2.10. The van der Waals surface area contributed by atoms with Gasteiger partial charge in [0, 0.05) is 24.4 Å². The summed E-state index contributed by atoms with van der Waals surface area (Å²) >= 11 is 0. The van der Waals surface area contributed by atoms with E-state index in [1.54, 1.807) is 6.20 Å². The molecule has 2 aromatic heterocycles. The van der Waals surface area contributed by atoms with E-state index in [1.807, 2.05) is 16.7 Å². The zero-order chi connectivity index (χ0) is 11.7. The molecule has 3 rings (SSSR count). The predicted octanol–water partition coefficient (Wildman–Crippen LogP) is 1.50. The molecule has 0 aliphatic heterocycles. The van der Waals surface area contributed by atoms with Gasteiger partial charge in [-0.05, 0) is 18.9 Å². The third-order valence-corrected chi connectivity index (χ3v) is 3.62. The molecule has 5 heteroatoms. The Kier molecular flexibility index (Phi) is 2.76. The van der Waals surface area contributed by atoms with Crippen LogP contribution in [0.1, 0.15) is 43.8 Å². The summed E-state index contributed by atoms with van der Waals surface area (Å²) in [6.07, 6.45) is 9.63. The molecule has 0 aromatic carbocycles. The van der Waals surface area contributed by atoms with Gasteiger partial charge in [0.05, 0.1) is 0 Å². The van der Waals surface area contributed by atoms with Gasteiger partial charge in [0.1, 0.15) is 5.82 Å². The molecule has 0 spiro atoms. The van der Waals surface area contributed by atoms with Gasteiger partial charge in [0.25, 0.3) is 5.78 Å². The van der Waals surface area contributed by atoms with Gasteiger partial charge in [-0.1, -0.05) is 19.3 Å². The molecule has 1 aliphatic carbocycles. The Balaban J connectivity index is 2.01. The molecule has 2 N–H and O–H groups in total. The molecule has 1 aliphatic rings. The normalized spacial score (nSPS) is 25.9. The van der Waals surface area contributed by atoms with Gasteiger partial charge in [-0.15, -0.1) is 10.2 Å². The van der Waals surface area contributed by atoms with E-state index in [1.165, 1.54) is 19.3 Å². The molecule has 2 aromatic rings. The zero-order valence-corrected chi connectivity index (χ0v) is 9.79. The van der Waals surface area contributed by atoms with Crippen LogP contribution in [0.3, 0.4) is 0 Å². The maximum atomic E-state index is 6.26. The Morgan fingerprint density at radius 2 is 2.06 bits per heavy atom. The lowest BCUT2D eigenvalue weighted by molar-refractivity contribution is 0.480. The van der Waals surface area contributed by atoms with Crippen molar-refractivity contribution in [1.29, 1.82) is 0 Å². The second-order valence-electron chi connectivity index (χ2n) is 4.76. The van der Waals surface area contributed by atoms with Crippen molar-refractivity contribution in [2.24, 2.45) is 5.73 Å². The zero-order valence-electron chi connectivity index (χ0n) is 9.79. The van der Waals surface area contributed by atoms with Gasteiger partial charge in [-0.25, -0.2) is 4.98 Å². The van der Waals surface area contributed by atoms with E-state index in [9.17, 15) is 0 Å². The standard InChI is InChI=1S/C12H17N5/c13-10-6-3-1-2-5-9(10)11-15-16-12-14-7-4-8-17(11)12/h4,7-10H,1-3,5-6,13H2. The molecule has 2 atom stereocenters. The lowest BCUT2D eigenvalue weighted by Crippen LogP contribution is -2.28. The van der Waals surface area contributed by atoms with Crippen LogP contribution in [0.15, 0.2) is 18.5 Å². The average Bonchev–Trinajstić information content (AvgIpc) is 2.66. The highest BCUT2D eigenvalue weighted by Gasteiger charge is 2.26. The fourth-order valence-corrected chi connectivity index (χ4v) is 2.67. The smallest absolute Gasteiger partial charge is 0.254 e. The minimum atomic E-state index is 0.199. The summed E-state index contributed by atoms with van der Waals surface area (Å²) in [6.45, 7) is 0. The average molecular weight is 231 g/mol. The summed E-state index contributed by atoms with van der Waals surface area (Å²) in [5.74, 6) is 1.96. The molecule has 2 unspecified atom stereocenters. The Morgan fingerprint density at radius 3 is 3.00 bits per heavy atom. The number of hydrogen-bond donors (Lipinski definition) is 1. The summed E-state index contributed by atoms with van der Waals surface area (Å²) in [4.78, 5) is 4.19. The van der Waals surface area contributed by atoms with Crippen LogP contribution < -0.4 is 5.73 Å². The molecule has 0 amide bonds. The molecule has 1 fully saturated rings. The van der Waals surface area contributed by atoms with Crippen LogP contribution in [0.25, 0.3) is 5.78 Å². The molecule has 5 nitrogen and oxygen atoms in total. The molecule has 17 heavy (non-hydrogen) atoms. The molecular weight excluding hydrogens is 214 g/mol. The molecule has 0 radical (unpaired) electrons. The Morgan fingerprint density at radius 1 is 1.18 bits per heavy atom. The summed E-state index contributed by atoms with van der Waals surface area (Å²) in [5.41, 5.74) is 6.26. The van der Waals surface area contributed by atoms with Crippen LogP contribution >= 0.6 is 0 Å². The van der Waals surface area contributed by atoms with Crippen LogP contribution in [0.4, 0.5) is 0 Å². The Hall–Kier alpha value is -1.49. The highest BCUT2D eigenvalue weighted by molar-refractivity contribution is 5.27. The van der Waals surface area contributed by atoms with Crippen molar-refractivity contribution in [3.8, 4) is 0 Å². The SMILES string of the molecule is NC1CCCCCC1c1nnc2ncccn12. The van der Waals surface area contributed by atoms with Crippen LogP contribution in [-0.4, -0.2) is 25.6 Å². The van der Waals surface area contributed by atoms with Crippen LogP contribution in [0.2, 0.25) is 0 Å². The number of nitrogens with zero attached hydrogens (tertiary/aromatic N) is 4. The molecule has 1 saturated carbocycles. The molecule has 2 heterocycles. The van der Waals surface area contributed by atoms with Crippen LogP contribution in [0.5, 0.6) is 0 Å². The molecule has 0 bridgehead atoms. The van der Waals surface area contributed by atoms with Crippen molar-refractivity contribution >= 4 is 5.78 Å².